The summed E-state index contributed by atoms with van der Waals surface area (Å²) >= 11 is 0. The number of pyridine rings is 1. The van der Waals surface area contributed by atoms with Crippen molar-refractivity contribution in [2.24, 2.45) is 0 Å². The second kappa shape index (κ2) is 3.58. The number of hydrogen-bond donors (Lipinski definition) is 0. The molecule has 0 radical (unpaired) electrons. The largest absolute Gasteiger partial charge is 0.496 e. The Morgan fingerprint density at radius 2 is 2.13 bits per heavy atom. The van der Waals surface area contributed by atoms with Crippen molar-refractivity contribution in [3.63, 3.8) is 0 Å². The third kappa shape index (κ3) is 1.62. The van der Waals surface area contributed by atoms with Crippen molar-refractivity contribution in [3.8, 4) is 11.8 Å². The summed E-state index contributed by atoms with van der Waals surface area (Å²) in [5.41, 5.74) is 2.28. The van der Waals surface area contributed by atoms with Gasteiger partial charge in [0.2, 0.25) is 0 Å². The van der Waals surface area contributed by atoms with Crippen LogP contribution < -0.4 is 4.74 Å². The maximum Gasteiger partial charge on any atom is 0.141 e. The lowest BCUT2D eigenvalue weighted by Gasteiger charge is -2.06. The number of benzene rings is 1. The first-order chi connectivity index (χ1) is 7.24. The van der Waals surface area contributed by atoms with Crippen molar-refractivity contribution >= 4 is 10.9 Å². The van der Waals surface area contributed by atoms with E-state index in [4.69, 9.17) is 10.00 Å². The lowest BCUT2D eigenvalue weighted by Crippen LogP contribution is -1.90. The average Bonchev–Trinajstić information content (AvgIpc) is 2.27. The summed E-state index contributed by atoms with van der Waals surface area (Å²) in [4.78, 5) is 4.20. The van der Waals surface area contributed by atoms with E-state index in [0.717, 1.165) is 22.2 Å². The van der Waals surface area contributed by atoms with Crippen molar-refractivity contribution in [1.82, 2.24) is 4.98 Å². The van der Waals surface area contributed by atoms with Gasteiger partial charge in [-0.25, -0.2) is 4.98 Å². The minimum Gasteiger partial charge on any atom is -0.496 e. The van der Waals surface area contributed by atoms with Crippen LogP contribution in [0.3, 0.4) is 0 Å². The molecule has 1 aromatic carbocycles. The fraction of sp³-hybridized carbons (Fsp3) is 0.167. The fourth-order valence-electron chi connectivity index (χ4n) is 1.55. The number of aromatic nitrogens is 1. The molecule has 0 bridgehead atoms. The number of nitriles is 1. The van der Waals surface area contributed by atoms with Crippen molar-refractivity contribution in [2.75, 3.05) is 7.11 Å². The van der Waals surface area contributed by atoms with Crippen LogP contribution in [0.4, 0.5) is 0 Å². The van der Waals surface area contributed by atoms with Crippen LogP contribution in [0.1, 0.15) is 11.3 Å². The first-order valence-electron chi connectivity index (χ1n) is 4.60. The summed E-state index contributed by atoms with van der Waals surface area (Å²) < 4.78 is 5.20. The average molecular weight is 198 g/mol. The number of ether oxygens (including phenoxy) is 1. The van der Waals surface area contributed by atoms with E-state index in [0.29, 0.717) is 5.69 Å². The first-order valence-corrected chi connectivity index (χ1v) is 4.60. The van der Waals surface area contributed by atoms with Gasteiger partial charge < -0.3 is 4.74 Å². The lowest BCUT2D eigenvalue weighted by molar-refractivity contribution is 0.412. The molecule has 0 aliphatic heterocycles. The second-order valence-electron chi connectivity index (χ2n) is 3.32. The Morgan fingerprint density at radius 3 is 2.80 bits per heavy atom. The molecular weight excluding hydrogens is 188 g/mol. The molecule has 0 fully saturated rings. The van der Waals surface area contributed by atoms with Gasteiger partial charge >= 0.3 is 0 Å². The molecule has 1 heterocycles. The minimum absolute atomic E-state index is 0.424. The van der Waals surface area contributed by atoms with Gasteiger partial charge in [0.05, 0.1) is 12.6 Å². The summed E-state index contributed by atoms with van der Waals surface area (Å²) in [7, 11) is 1.63. The number of nitrogens with zero attached hydrogens (tertiary/aromatic N) is 2. The second-order valence-corrected chi connectivity index (χ2v) is 3.32. The minimum atomic E-state index is 0.424. The molecule has 15 heavy (non-hydrogen) atoms. The summed E-state index contributed by atoms with van der Waals surface area (Å²) in [6.45, 7) is 1.98. The van der Waals surface area contributed by atoms with Crippen LogP contribution in [0.15, 0.2) is 24.3 Å². The molecule has 3 heteroatoms. The van der Waals surface area contributed by atoms with Crippen LogP contribution in [-0.4, -0.2) is 12.1 Å². The van der Waals surface area contributed by atoms with E-state index < -0.39 is 0 Å². The monoisotopic (exact) mass is 198 g/mol. The number of methoxy groups -OCH3 is 1. The highest BCUT2D eigenvalue weighted by molar-refractivity contribution is 5.81. The van der Waals surface area contributed by atoms with Crippen LogP contribution in [-0.2, 0) is 0 Å². The first kappa shape index (κ1) is 9.47. The van der Waals surface area contributed by atoms with Gasteiger partial charge in [0, 0.05) is 11.5 Å². The van der Waals surface area contributed by atoms with Crippen molar-refractivity contribution in [1.29, 1.82) is 5.26 Å². The summed E-state index contributed by atoms with van der Waals surface area (Å²) in [5.74, 6) is 0.796. The highest BCUT2D eigenvalue weighted by Crippen LogP contribution is 2.23. The molecule has 2 rings (SSSR count). The van der Waals surface area contributed by atoms with Gasteiger partial charge in [0.1, 0.15) is 17.5 Å². The summed E-state index contributed by atoms with van der Waals surface area (Å²) in [5, 5.41) is 9.76. The highest BCUT2D eigenvalue weighted by Gasteiger charge is 2.03. The predicted molar refractivity (Wildman–Crippen MR) is 57.7 cm³/mol. The van der Waals surface area contributed by atoms with E-state index in [2.05, 4.69) is 4.98 Å². The topological polar surface area (TPSA) is 45.9 Å². The van der Waals surface area contributed by atoms with Crippen molar-refractivity contribution in [2.45, 2.75) is 6.92 Å². The maximum absolute atomic E-state index is 8.73. The third-order valence-electron chi connectivity index (χ3n) is 2.32. The lowest BCUT2D eigenvalue weighted by atomic mass is 10.1. The zero-order chi connectivity index (χ0) is 10.8. The molecule has 0 atom stereocenters. The molecule has 0 amide bonds. The van der Waals surface area contributed by atoms with E-state index >= 15 is 0 Å². The molecule has 0 aliphatic rings. The van der Waals surface area contributed by atoms with Crippen molar-refractivity contribution in [3.05, 3.63) is 35.5 Å². The number of hydrogen-bond acceptors (Lipinski definition) is 3. The van der Waals surface area contributed by atoms with Gasteiger partial charge in [-0.1, -0.05) is 0 Å². The van der Waals surface area contributed by atoms with Gasteiger partial charge in [-0.05, 0) is 30.7 Å². The maximum atomic E-state index is 8.73. The normalized spacial score (nSPS) is 9.93. The Bertz CT molecular complexity index is 555. The van der Waals surface area contributed by atoms with E-state index in [-0.39, 0.29) is 0 Å². The molecule has 0 unspecified atom stereocenters. The van der Waals surface area contributed by atoms with Gasteiger partial charge in [-0.2, -0.15) is 5.26 Å². The molecule has 0 saturated heterocycles. The zero-order valence-corrected chi connectivity index (χ0v) is 8.61. The van der Waals surface area contributed by atoms with Crippen molar-refractivity contribution < 1.29 is 4.74 Å². The van der Waals surface area contributed by atoms with Crippen LogP contribution in [0.5, 0.6) is 5.75 Å². The van der Waals surface area contributed by atoms with Crippen LogP contribution in [0.25, 0.3) is 10.9 Å². The molecule has 1 aromatic heterocycles. The Morgan fingerprint density at radius 1 is 1.33 bits per heavy atom. The highest BCUT2D eigenvalue weighted by atomic mass is 16.5. The zero-order valence-electron chi connectivity index (χ0n) is 8.61. The molecule has 74 valence electrons. The number of fused-ring (bicyclic) bond motifs is 1. The summed E-state index contributed by atoms with van der Waals surface area (Å²) in [6, 6.07) is 9.49. The molecular formula is C12H10N2O. The van der Waals surface area contributed by atoms with Gasteiger partial charge in [0.25, 0.3) is 0 Å². The predicted octanol–water partition coefficient (Wildman–Crippen LogP) is 2.42. The molecule has 0 saturated carbocycles. The van der Waals surface area contributed by atoms with E-state index in [9.17, 15) is 0 Å². The number of rotatable bonds is 1. The van der Waals surface area contributed by atoms with Gasteiger partial charge in [-0.15, -0.1) is 0 Å². The standard InChI is InChI=1S/C12H10N2O/c1-8-5-9-3-4-10(7-13)14-11(9)6-12(8)15-2/h3-6H,1-2H3. The van der Waals surface area contributed by atoms with Crippen LogP contribution >= 0.6 is 0 Å². The Labute approximate surface area is 87.9 Å². The molecule has 0 aliphatic carbocycles. The fourth-order valence-corrected chi connectivity index (χ4v) is 1.55. The van der Waals surface area contributed by atoms with Gasteiger partial charge in [0.15, 0.2) is 0 Å². The Kier molecular flexibility index (Phi) is 2.26. The van der Waals surface area contributed by atoms with Crippen LogP contribution in [0.2, 0.25) is 0 Å². The summed E-state index contributed by atoms with van der Waals surface area (Å²) in [6.07, 6.45) is 0. The Hall–Kier alpha value is -2.08. The Balaban J connectivity index is 2.72. The smallest absolute Gasteiger partial charge is 0.141 e. The molecule has 3 nitrogen and oxygen atoms in total. The van der Waals surface area contributed by atoms with Gasteiger partial charge in [-0.3, -0.25) is 0 Å². The third-order valence-corrected chi connectivity index (χ3v) is 2.32. The SMILES string of the molecule is COc1cc2nc(C#N)ccc2cc1C. The molecule has 2 aromatic rings. The quantitative estimate of drug-likeness (QED) is 0.706. The van der Waals surface area contributed by atoms with E-state index in [1.807, 2.05) is 31.2 Å². The molecule has 0 spiro atoms. The van der Waals surface area contributed by atoms with E-state index in [1.165, 1.54) is 0 Å². The van der Waals surface area contributed by atoms with E-state index in [1.54, 1.807) is 13.2 Å². The molecule has 0 N–H and O–H groups in total. The van der Waals surface area contributed by atoms with Crippen LogP contribution in [0, 0.1) is 18.3 Å². The number of aryl methyl sites for hydroxylation is 1.